The maximum atomic E-state index is 12.8. The molecule has 5 nitrogen and oxygen atoms in total. The average Bonchev–Trinajstić information content (AvgIpc) is 2.66. The van der Waals surface area contributed by atoms with Gasteiger partial charge in [0, 0.05) is 35.8 Å². The van der Waals surface area contributed by atoms with Crippen LogP contribution in [0.4, 0.5) is 0 Å². The van der Waals surface area contributed by atoms with E-state index < -0.39 is 0 Å². The molecule has 142 valence electrons. The minimum atomic E-state index is -0.0662. The Hall–Kier alpha value is -3.10. The molecule has 0 bridgehead atoms. The Bertz CT molecular complexity index is 1010. The van der Waals surface area contributed by atoms with Crippen LogP contribution in [0.15, 0.2) is 53.2 Å². The van der Waals surface area contributed by atoms with E-state index in [1.807, 2.05) is 25.1 Å². The largest absolute Gasteiger partial charge is 0.401 e. The van der Waals surface area contributed by atoms with Gasteiger partial charge in [0.25, 0.3) is 5.91 Å². The molecule has 1 amide bonds. The first-order valence-electron chi connectivity index (χ1n) is 8.93. The van der Waals surface area contributed by atoms with Crippen LogP contribution < -0.4 is 5.73 Å². The minimum absolute atomic E-state index is 0.0662. The summed E-state index contributed by atoms with van der Waals surface area (Å²) in [6.45, 7) is 4.78. The molecule has 3 N–H and O–H groups in total. The molecule has 3 rings (SSSR count). The number of allylic oxidation sites excluding steroid dienone is 2. The third-order valence-electron chi connectivity index (χ3n) is 5.00. The smallest absolute Gasteiger partial charge is 0.253 e. The Morgan fingerprint density at radius 2 is 1.89 bits per heavy atom. The second-order valence-corrected chi connectivity index (χ2v) is 7.42. The van der Waals surface area contributed by atoms with Crippen molar-refractivity contribution in [2.45, 2.75) is 19.8 Å². The predicted molar refractivity (Wildman–Crippen MR) is 111 cm³/mol. The van der Waals surface area contributed by atoms with Crippen molar-refractivity contribution >= 4 is 23.2 Å². The summed E-state index contributed by atoms with van der Waals surface area (Å²) in [5.41, 5.74) is 9.95. The van der Waals surface area contributed by atoms with Crippen molar-refractivity contribution in [3.8, 4) is 6.07 Å². The Morgan fingerprint density at radius 3 is 2.46 bits per heavy atom. The molecule has 1 fully saturated rings. The first-order valence-corrected chi connectivity index (χ1v) is 9.30. The second-order valence-electron chi connectivity index (χ2n) is 7.04. The highest BCUT2D eigenvalue weighted by Gasteiger charge is 2.32. The van der Waals surface area contributed by atoms with Gasteiger partial charge in [0.05, 0.1) is 22.4 Å². The van der Waals surface area contributed by atoms with Crippen LogP contribution in [-0.4, -0.2) is 29.6 Å². The first-order chi connectivity index (χ1) is 13.3. The summed E-state index contributed by atoms with van der Waals surface area (Å²) in [7, 11) is 0. The lowest BCUT2D eigenvalue weighted by Crippen LogP contribution is -2.48. The van der Waals surface area contributed by atoms with Crippen LogP contribution in [0.5, 0.6) is 0 Å². The van der Waals surface area contributed by atoms with Gasteiger partial charge in [0.1, 0.15) is 0 Å². The van der Waals surface area contributed by atoms with E-state index in [1.54, 1.807) is 36.1 Å². The van der Waals surface area contributed by atoms with E-state index in [4.69, 9.17) is 28.0 Å². The number of nitrogens with one attached hydrogen (secondary N) is 1. The number of benzene rings is 2. The van der Waals surface area contributed by atoms with Gasteiger partial charge >= 0.3 is 0 Å². The van der Waals surface area contributed by atoms with Crippen molar-refractivity contribution in [2.24, 2.45) is 5.73 Å². The van der Waals surface area contributed by atoms with Gasteiger partial charge in [-0.1, -0.05) is 29.8 Å². The lowest BCUT2D eigenvalue weighted by Gasteiger charge is -2.39. The maximum absolute atomic E-state index is 12.8. The number of rotatable bonds is 4. The molecule has 0 aromatic heterocycles. The molecule has 0 atom stereocenters. The number of likely N-dealkylation sites (tertiary alicyclic amines) is 1. The average molecular weight is 393 g/mol. The topological polar surface area (TPSA) is 94.0 Å². The lowest BCUT2D eigenvalue weighted by molar-refractivity contribution is 0.0602. The van der Waals surface area contributed by atoms with Crippen LogP contribution >= 0.6 is 11.6 Å². The summed E-state index contributed by atoms with van der Waals surface area (Å²) < 4.78 is 0. The Labute approximate surface area is 169 Å². The standard InChI is InChI=1S/C22H21ClN4O/c1-13-3-6-17(9-19(13)21(26)20(23)14(2)25)22(28)27-11-18(12-27)16-7-4-15(10-24)5-8-16/h3-9,18,26H,11-12,25H2,1-2H3/b20-14+,26-21?. The van der Waals surface area contributed by atoms with Crippen LogP contribution in [0.3, 0.4) is 0 Å². The van der Waals surface area contributed by atoms with Crippen LogP contribution in [0, 0.1) is 23.7 Å². The van der Waals surface area contributed by atoms with Crippen molar-refractivity contribution < 1.29 is 4.79 Å². The summed E-state index contributed by atoms with van der Waals surface area (Å²) in [6.07, 6.45) is 0. The number of amides is 1. The van der Waals surface area contributed by atoms with Gasteiger partial charge in [0.15, 0.2) is 0 Å². The number of carbonyl (C=O) groups excluding carboxylic acids is 1. The van der Waals surface area contributed by atoms with E-state index in [1.165, 1.54) is 0 Å². The summed E-state index contributed by atoms with van der Waals surface area (Å²) in [6, 6.07) is 14.9. The molecule has 6 heteroatoms. The SMILES string of the molecule is C/C(N)=C(\Cl)C(=N)c1cc(C(=O)N2CC(c3ccc(C#N)cc3)C2)ccc1C. The van der Waals surface area contributed by atoms with Crippen molar-refractivity contribution in [3.05, 3.63) is 81.0 Å². The van der Waals surface area contributed by atoms with E-state index in [-0.39, 0.29) is 22.6 Å². The van der Waals surface area contributed by atoms with Gasteiger partial charge in [-0.25, -0.2) is 0 Å². The highest BCUT2D eigenvalue weighted by atomic mass is 35.5. The van der Waals surface area contributed by atoms with Gasteiger partial charge in [-0.2, -0.15) is 5.26 Å². The fourth-order valence-electron chi connectivity index (χ4n) is 3.21. The number of nitriles is 1. The van der Waals surface area contributed by atoms with E-state index in [2.05, 4.69) is 6.07 Å². The van der Waals surface area contributed by atoms with Crippen molar-refractivity contribution in [1.29, 1.82) is 10.7 Å². The molecule has 1 saturated heterocycles. The molecule has 0 unspecified atom stereocenters. The zero-order valence-electron chi connectivity index (χ0n) is 15.8. The van der Waals surface area contributed by atoms with E-state index in [9.17, 15) is 4.79 Å². The lowest BCUT2D eigenvalue weighted by atomic mass is 9.90. The van der Waals surface area contributed by atoms with E-state index in [0.29, 0.717) is 35.5 Å². The van der Waals surface area contributed by atoms with Gasteiger partial charge in [-0.15, -0.1) is 0 Å². The van der Waals surface area contributed by atoms with Crippen LogP contribution in [0.25, 0.3) is 0 Å². The normalized spacial score (nSPS) is 14.7. The maximum Gasteiger partial charge on any atom is 0.253 e. The Balaban J connectivity index is 1.74. The predicted octanol–water partition coefficient (Wildman–Crippen LogP) is 3.90. The number of aryl methyl sites for hydroxylation is 1. The molecule has 0 radical (unpaired) electrons. The zero-order chi connectivity index (χ0) is 20.4. The number of halogens is 1. The highest BCUT2D eigenvalue weighted by molar-refractivity contribution is 6.46. The van der Waals surface area contributed by atoms with Gasteiger partial charge < -0.3 is 10.6 Å². The third-order valence-corrected chi connectivity index (χ3v) is 5.49. The highest BCUT2D eigenvalue weighted by Crippen LogP contribution is 2.29. The molecular weight excluding hydrogens is 372 g/mol. The molecule has 0 spiro atoms. The van der Waals surface area contributed by atoms with Gasteiger partial charge in [-0.05, 0) is 49.2 Å². The number of nitrogens with two attached hydrogens (primary N) is 1. The van der Waals surface area contributed by atoms with Crippen LogP contribution in [0.2, 0.25) is 0 Å². The molecule has 1 aliphatic rings. The zero-order valence-corrected chi connectivity index (χ0v) is 16.5. The number of hydrogen-bond acceptors (Lipinski definition) is 4. The van der Waals surface area contributed by atoms with Gasteiger partial charge in [-0.3, -0.25) is 10.2 Å². The number of nitrogens with zero attached hydrogens (tertiary/aromatic N) is 2. The van der Waals surface area contributed by atoms with Crippen molar-refractivity contribution in [2.75, 3.05) is 13.1 Å². The Morgan fingerprint density at radius 1 is 1.25 bits per heavy atom. The van der Waals surface area contributed by atoms with Crippen LogP contribution in [0.1, 0.15) is 45.5 Å². The fraction of sp³-hybridized carbons (Fsp3) is 0.227. The molecule has 1 heterocycles. The summed E-state index contributed by atoms with van der Waals surface area (Å²) in [4.78, 5) is 14.6. The summed E-state index contributed by atoms with van der Waals surface area (Å²) >= 11 is 6.13. The molecule has 2 aromatic carbocycles. The summed E-state index contributed by atoms with van der Waals surface area (Å²) in [5.74, 6) is 0.209. The minimum Gasteiger partial charge on any atom is -0.401 e. The molecule has 1 aliphatic heterocycles. The molecule has 2 aromatic rings. The first kappa shape index (κ1) is 19.7. The molecule has 0 aliphatic carbocycles. The fourth-order valence-corrected chi connectivity index (χ4v) is 3.31. The van der Waals surface area contributed by atoms with Crippen molar-refractivity contribution in [1.82, 2.24) is 4.90 Å². The quantitative estimate of drug-likeness (QED) is 0.772. The molecule has 28 heavy (non-hydrogen) atoms. The van der Waals surface area contributed by atoms with Crippen LogP contribution in [-0.2, 0) is 0 Å². The van der Waals surface area contributed by atoms with Gasteiger partial charge in [0.2, 0.25) is 0 Å². The molecular formula is C22H21ClN4O. The number of hydrogen-bond donors (Lipinski definition) is 2. The Kier molecular flexibility index (Phi) is 5.53. The van der Waals surface area contributed by atoms with E-state index in [0.717, 1.165) is 11.1 Å². The third kappa shape index (κ3) is 3.78. The van der Waals surface area contributed by atoms with E-state index >= 15 is 0 Å². The molecule has 0 saturated carbocycles. The second kappa shape index (κ2) is 7.87. The monoisotopic (exact) mass is 392 g/mol. The summed E-state index contributed by atoms with van der Waals surface area (Å²) in [5, 5.41) is 17.4. The number of carbonyl (C=O) groups is 1. The van der Waals surface area contributed by atoms with Crippen molar-refractivity contribution in [3.63, 3.8) is 0 Å².